The smallest absolute Gasteiger partial charge is 0.161 e. The molecule has 1 unspecified atom stereocenters. The van der Waals surface area contributed by atoms with Crippen LogP contribution in [0.3, 0.4) is 0 Å². The summed E-state index contributed by atoms with van der Waals surface area (Å²) in [6, 6.07) is 4.13. The van der Waals surface area contributed by atoms with E-state index >= 15 is 0 Å². The molecule has 88 valence electrons. The third-order valence-corrected chi connectivity index (χ3v) is 2.89. The molecule has 1 aromatic carbocycles. The summed E-state index contributed by atoms with van der Waals surface area (Å²) >= 11 is 0. The van der Waals surface area contributed by atoms with Crippen molar-refractivity contribution in [3.8, 4) is 11.5 Å². The van der Waals surface area contributed by atoms with E-state index in [9.17, 15) is 5.11 Å². The van der Waals surface area contributed by atoms with Gasteiger partial charge in [0.15, 0.2) is 11.5 Å². The molecule has 3 nitrogen and oxygen atoms in total. The molecule has 0 amide bonds. The molecule has 0 saturated carbocycles. The Hall–Kier alpha value is -1.22. The minimum absolute atomic E-state index is 0.0794. The highest BCUT2D eigenvalue weighted by Crippen LogP contribution is 2.34. The quantitative estimate of drug-likeness (QED) is 0.805. The van der Waals surface area contributed by atoms with Crippen molar-refractivity contribution >= 4 is 0 Å². The number of benzene rings is 1. The number of ether oxygens (including phenoxy) is 1. The molecule has 1 aromatic rings. The van der Waals surface area contributed by atoms with Gasteiger partial charge in [0.1, 0.15) is 0 Å². The zero-order chi connectivity index (χ0) is 11.7. The molecule has 3 heteroatoms. The number of phenolic OH excluding ortho intramolecular Hbond substituents is 1. The minimum atomic E-state index is 0.0794. The molecule has 0 saturated heterocycles. The number of phenols is 1. The fraction of sp³-hybridized carbons (Fsp3) is 0.538. The van der Waals surface area contributed by atoms with Gasteiger partial charge in [-0.1, -0.05) is 0 Å². The third-order valence-electron chi connectivity index (χ3n) is 2.89. The third kappa shape index (κ3) is 2.14. The monoisotopic (exact) mass is 221 g/mol. The Labute approximate surface area is 96.4 Å². The SMILES string of the molecule is CC(C)Oc1cc2c(cc1O)CCNC2C. The van der Waals surface area contributed by atoms with Gasteiger partial charge in [0.2, 0.25) is 0 Å². The van der Waals surface area contributed by atoms with E-state index in [4.69, 9.17) is 4.74 Å². The van der Waals surface area contributed by atoms with Crippen LogP contribution in [0.15, 0.2) is 12.1 Å². The average molecular weight is 221 g/mol. The van der Waals surface area contributed by atoms with Crippen molar-refractivity contribution in [2.24, 2.45) is 0 Å². The van der Waals surface area contributed by atoms with Crippen LogP contribution in [0.4, 0.5) is 0 Å². The molecule has 1 aliphatic heterocycles. The number of nitrogens with one attached hydrogen (secondary N) is 1. The maximum absolute atomic E-state index is 9.86. The van der Waals surface area contributed by atoms with E-state index in [-0.39, 0.29) is 11.9 Å². The van der Waals surface area contributed by atoms with E-state index in [1.807, 2.05) is 26.0 Å². The summed E-state index contributed by atoms with van der Waals surface area (Å²) in [5, 5.41) is 13.3. The maximum Gasteiger partial charge on any atom is 0.161 e. The van der Waals surface area contributed by atoms with E-state index in [2.05, 4.69) is 12.2 Å². The summed E-state index contributed by atoms with van der Waals surface area (Å²) < 4.78 is 5.58. The summed E-state index contributed by atoms with van der Waals surface area (Å²) in [7, 11) is 0. The lowest BCUT2D eigenvalue weighted by Crippen LogP contribution is -2.27. The van der Waals surface area contributed by atoms with Crippen LogP contribution < -0.4 is 10.1 Å². The second-order valence-electron chi connectivity index (χ2n) is 4.61. The van der Waals surface area contributed by atoms with Crippen LogP contribution in [-0.4, -0.2) is 17.8 Å². The Morgan fingerprint density at radius 2 is 2.19 bits per heavy atom. The standard InChI is InChI=1S/C13H19NO2/c1-8(2)16-13-7-11-9(3)14-5-4-10(11)6-12(13)15/h6-9,14-15H,4-5H2,1-3H3. The minimum Gasteiger partial charge on any atom is -0.504 e. The summed E-state index contributed by atoms with van der Waals surface area (Å²) in [4.78, 5) is 0. The van der Waals surface area contributed by atoms with E-state index in [0.29, 0.717) is 11.8 Å². The van der Waals surface area contributed by atoms with Crippen molar-refractivity contribution in [2.75, 3.05) is 6.54 Å². The van der Waals surface area contributed by atoms with Gasteiger partial charge in [-0.2, -0.15) is 0 Å². The number of hydrogen-bond donors (Lipinski definition) is 2. The Morgan fingerprint density at radius 3 is 2.88 bits per heavy atom. The van der Waals surface area contributed by atoms with Crippen molar-refractivity contribution in [1.82, 2.24) is 5.32 Å². The number of rotatable bonds is 2. The van der Waals surface area contributed by atoms with Crippen LogP contribution in [0, 0.1) is 0 Å². The van der Waals surface area contributed by atoms with Crippen LogP contribution in [0.1, 0.15) is 37.9 Å². The predicted molar refractivity (Wildman–Crippen MR) is 64.0 cm³/mol. The molecule has 0 aromatic heterocycles. The van der Waals surface area contributed by atoms with Crippen LogP contribution in [0.5, 0.6) is 11.5 Å². The predicted octanol–water partition coefficient (Wildman–Crippen LogP) is 2.39. The summed E-state index contributed by atoms with van der Waals surface area (Å²) in [5.74, 6) is 0.839. The van der Waals surface area contributed by atoms with Crippen LogP contribution in [0.25, 0.3) is 0 Å². The fourth-order valence-corrected chi connectivity index (χ4v) is 2.13. The van der Waals surface area contributed by atoms with Gasteiger partial charge in [0.25, 0.3) is 0 Å². The van der Waals surface area contributed by atoms with Gasteiger partial charge in [-0.3, -0.25) is 0 Å². The molecular formula is C13H19NO2. The fourth-order valence-electron chi connectivity index (χ4n) is 2.13. The first-order chi connectivity index (χ1) is 7.58. The second kappa shape index (κ2) is 4.34. The molecule has 1 heterocycles. The first-order valence-electron chi connectivity index (χ1n) is 5.83. The second-order valence-corrected chi connectivity index (χ2v) is 4.61. The molecule has 0 fully saturated rings. The van der Waals surface area contributed by atoms with Gasteiger partial charge in [-0.25, -0.2) is 0 Å². The molecule has 2 rings (SSSR count). The summed E-state index contributed by atoms with van der Waals surface area (Å²) in [5.41, 5.74) is 2.46. The van der Waals surface area contributed by atoms with Gasteiger partial charge in [0, 0.05) is 6.04 Å². The first kappa shape index (κ1) is 11.3. The Bertz CT molecular complexity index is 388. The molecule has 1 atom stereocenters. The van der Waals surface area contributed by atoms with Crippen LogP contribution >= 0.6 is 0 Å². The number of fused-ring (bicyclic) bond motifs is 1. The molecule has 0 radical (unpaired) electrons. The zero-order valence-corrected chi connectivity index (χ0v) is 10.1. The van der Waals surface area contributed by atoms with Gasteiger partial charge in [-0.05, 0) is 57.0 Å². The Morgan fingerprint density at radius 1 is 1.44 bits per heavy atom. The van der Waals surface area contributed by atoms with Gasteiger partial charge >= 0.3 is 0 Å². The highest BCUT2D eigenvalue weighted by Gasteiger charge is 2.19. The van der Waals surface area contributed by atoms with Crippen molar-refractivity contribution in [3.05, 3.63) is 23.3 Å². The van der Waals surface area contributed by atoms with Crippen molar-refractivity contribution in [3.63, 3.8) is 0 Å². The van der Waals surface area contributed by atoms with E-state index in [1.165, 1.54) is 11.1 Å². The molecule has 0 bridgehead atoms. The van der Waals surface area contributed by atoms with E-state index in [0.717, 1.165) is 13.0 Å². The lowest BCUT2D eigenvalue weighted by molar-refractivity contribution is 0.231. The molecule has 2 N–H and O–H groups in total. The highest BCUT2D eigenvalue weighted by atomic mass is 16.5. The largest absolute Gasteiger partial charge is 0.504 e. The Kier molecular flexibility index (Phi) is 3.06. The van der Waals surface area contributed by atoms with Gasteiger partial charge in [-0.15, -0.1) is 0 Å². The van der Waals surface area contributed by atoms with E-state index < -0.39 is 0 Å². The zero-order valence-electron chi connectivity index (χ0n) is 10.1. The average Bonchev–Trinajstić information content (AvgIpc) is 2.20. The van der Waals surface area contributed by atoms with Crippen molar-refractivity contribution < 1.29 is 9.84 Å². The van der Waals surface area contributed by atoms with Gasteiger partial charge < -0.3 is 15.2 Å². The van der Waals surface area contributed by atoms with E-state index in [1.54, 1.807) is 0 Å². The summed E-state index contributed by atoms with van der Waals surface area (Å²) in [6.07, 6.45) is 1.05. The summed E-state index contributed by atoms with van der Waals surface area (Å²) in [6.45, 7) is 7.02. The van der Waals surface area contributed by atoms with Crippen molar-refractivity contribution in [2.45, 2.75) is 39.3 Å². The molecular weight excluding hydrogens is 202 g/mol. The molecule has 0 aliphatic carbocycles. The highest BCUT2D eigenvalue weighted by molar-refractivity contribution is 5.48. The van der Waals surface area contributed by atoms with Crippen LogP contribution in [0.2, 0.25) is 0 Å². The number of hydrogen-bond acceptors (Lipinski definition) is 3. The normalized spacial score (nSPS) is 19.6. The van der Waals surface area contributed by atoms with Crippen molar-refractivity contribution in [1.29, 1.82) is 0 Å². The topological polar surface area (TPSA) is 41.5 Å². The lowest BCUT2D eigenvalue weighted by Gasteiger charge is -2.25. The number of aromatic hydroxyl groups is 1. The Balaban J connectivity index is 2.38. The molecule has 16 heavy (non-hydrogen) atoms. The van der Waals surface area contributed by atoms with Gasteiger partial charge in [0.05, 0.1) is 6.10 Å². The lowest BCUT2D eigenvalue weighted by atomic mass is 9.94. The maximum atomic E-state index is 9.86. The first-order valence-corrected chi connectivity index (χ1v) is 5.83. The van der Waals surface area contributed by atoms with Crippen LogP contribution in [-0.2, 0) is 6.42 Å². The molecule has 0 spiro atoms. The molecule has 1 aliphatic rings.